The molecule has 6 nitrogen and oxygen atoms in total. The number of hydrogen-bond donors (Lipinski definition) is 3. The summed E-state index contributed by atoms with van der Waals surface area (Å²) in [5.74, 6) is 2.32. The van der Waals surface area contributed by atoms with Gasteiger partial charge in [-0.2, -0.15) is 17.0 Å². The summed E-state index contributed by atoms with van der Waals surface area (Å²) < 4.78 is 0. The van der Waals surface area contributed by atoms with E-state index in [9.17, 15) is 0 Å². The lowest BCUT2D eigenvalue weighted by Gasteiger charge is -2.06. The van der Waals surface area contributed by atoms with E-state index in [1.807, 2.05) is 13.1 Å². The van der Waals surface area contributed by atoms with Crippen LogP contribution in [0.25, 0.3) is 0 Å². The molecule has 0 atom stereocenters. The molecule has 8 heteroatoms. The zero-order valence-corrected chi connectivity index (χ0v) is 12.0. The molecule has 0 aromatic carbocycles. The highest BCUT2D eigenvalue weighted by Gasteiger charge is 2.00. The number of imidazole rings is 1. The van der Waals surface area contributed by atoms with Gasteiger partial charge in [-0.05, 0) is 6.92 Å². The Labute approximate surface area is 117 Å². The van der Waals surface area contributed by atoms with E-state index in [-0.39, 0.29) is 12.4 Å². The zero-order chi connectivity index (χ0) is 12.5. The number of halogens is 1. The van der Waals surface area contributed by atoms with E-state index in [1.54, 1.807) is 25.1 Å². The SMILES string of the molecule is CN=C(NC#N)NCCSCc1nc[nH]c1C.Cl. The molecular weight excluding hydrogens is 272 g/mol. The van der Waals surface area contributed by atoms with Crippen molar-refractivity contribution in [3.8, 4) is 6.19 Å². The van der Waals surface area contributed by atoms with Crippen molar-refractivity contribution in [3.63, 3.8) is 0 Å². The lowest BCUT2D eigenvalue weighted by atomic mass is 10.4. The van der Waals surface area contributed by atoms with Gasteiger partial charge in [0.25, 0.3) is 0 Å². The number of nitrogens with one attached hydrogen (secondary N) is 3. The number of rotatable bonds is 5. The summed E-state index contributed by atoms with van der Waals surface area (Å²) in [6.45, 7) is 2.77. The van der Waals surface area contributed by atoms with Gasteiger partial charge in [-0.3, -0.25) is 10.3 Å². The van der Waals surface area contributed by atoms with Crippen LogP contribution >= 0.6 is 24.2 Å². The fourth-order valence-corrected chi connectivity index (χ4v) is 2.05. The van der Waals surface area contributed by atoms with Crippen molar-refractivity contribution in [2.24, 2.45) is 4.99 Å². The molecule has 0 spiro atoms. The highest BCUT2D eigenvalue weighted by Crippen LogP contribution is 2.11. The molecule has 0 amide bonds. The summed E-state index contributed by atoms with van der Waals surface area (Å²) in [7, 11) is 1.63. The number of nitrogens with zero attached hydrogens (tertiary/aromatic N) is 3. The van der Waals surface area contributed by atoms with Crippen LogP contribution in [-0.2, 0) is 5.75 Å². The lowest BCUT2D eigenvalue weighted by Crippen LogP contribution is -2.35. The van der Waals surface area contributed by atoms with Crippen LogP contribution in [0.15, 0.2) is 11.3 Å². The largest absolute Gasteiger partial charge is 0.355 e. The molecule has 18 heavy (non-hydrogen) atoms. The average Bonchev–Trinajstić information content (AvgIpc) is 2.73. The highest BCUT2D eigenvalue weighted by molar-refractivity contribution is 7.98. The van der Waals surface area contributed by atoms with Gasteiger partial charge in [0.05, 0.1) is 12.0 Å². The number of aromatic nitrogens is 2. The Morgan fingerprint density at radius 3 is 3.00 bits per heavy atom. The molecule has 0 aliphatic heterocycles. The van der Waals surface area contributed by atoms with Crippen LogP contribution in [0.2, 0.25) is 0 Å². The number of H-pyrrole nitrogens is 1. The van der Waals surface area contributed by atoms with Crippen molar-refractivity contribution >= 4 is 30.1 Å². The maximum absolute atomic E-state index is 8.43. The molecule has 1 aromatic rings. The highest BCUT2D eigenvalue weighted by atomic mass is 35.5. The van der Waals surface area contributed by atoms with E-state index < -0.39 is 0 Å². The van der Waals surface area contributed by atoms with Crippen molar-refractivity contribution < 1.29 is 0 Å². The molecule has 0 aliphatic rings. The molecular formula is C10H17ClN6S. The standard InChI is InChI=1S/C10H16N6S.ClH/c1-8-9(16-7-15-8)5-17-4-3-13-10(12-2)14-6-11;/h7H,3-5H2,1-2H3,(H,15,16)(H2,12,13,14);1H. The van der Waals surface area contributed by atoms with Crippen molar-refractivity contribution in [3.05, 3.63) is 17.7 Å². The summed E-state index contributed by atoms with van der Waals surface area (Å²) in [6.07, 6.45) is 3.54. The maximum Gasteiger partial charge on any atom is 0.204 e. The van der Waals surface area contributed by atoms with Gasteiger partial charge in [0.1, 0.15) is 0 Å². The number of hydrogen-bond acceptors (Lipinski definition) is 4. The molecule has 1 rings (SSSR count). The molecule has 0 saturated heterocycles. The Balaban J connectivity index is 0.00000289. The van der Waals surface area contributed by atoms with Gasteiger partial charge in [-0.25, -0.2) is 4.98 Å². The molecule has 3 N–H and O–H groups in total. The normalized spacial score (nSPS) is 10.4. The van der Waals surface area contributed by atoms with Crippen LogP contribution in [0.4, 0.5) is 0 Å². The molecule has 0 fully saturated rings. The summed E-state index contributed by atoms with van der Waals surface area (Å²) in [5.41, 5.74) is 2.21. The van der Waals surface area contributed by atoms with E-state index in [4.69, 9.17) is 5.26 Å². The van der Waals surface area contributed by atoms with Crippen LogP contribution in [-0.4, -0.2) is 35.3 Å². The Bertz CT molecular complexity index is 411. The van der Waals surface area contributed by atoms with Crippen molar-refractivity contribution in [2.45, 2.75) is 12.7 Å². The maximum atomic E-state index is 8.43. The van der Waals surface area contributed by atoms with Crippen LogP contribution in [0, 0.1) is 18.4 Å². The van der Waals surface area contributed by atoms with Crippen LogP contribution in [0.5, 0.6) is 0 Å². The smallest absolute Gasteiger partial charge is 0.204 e. The number of nitriles is 1. The third-order valence-corrected chi connectivity index (χ3v) is 3.08. The number of aryl methyl sites for hydroxylation is 1. The van der Waals surface area contributed by atoms with Crippen molar-refractivity contribution in [2.75, 3.05) is 19.3 Å². The second-order valence-corrected chi connectivity index (χ2v) is 4.37. The summed E-state index contributed by atoms with van der Waals surface area (Å²) in [6, 6.07) is 0. The van der Waals surface area contributed by atoms with Crippen LogP contribution < -0.4 is 10.6 Å². The predicted octanol–water partition coefficient (Wildman–Crippen LogP) is 1.02. The molecule has 0 bridgehead atoms. The topological polar surface area (TPSA) is 88.9 Å². The summed E-state index contributed by atoms with van der Waals surface area (Å²) in [5, 5.41) is 13.9. The molecule has 0 aliphatic carbocycles. The Kier molecular flexibility index (Phi) is 8.88. The number of thioether (sulfide) groups is 1. The van der Waals surface area contributed by atoms with Crippen LogP contribution in [0.3, 0.4) is 0 Å². The molecule has 0 saturated carbocycles. The summed E-state index contributed by atoms with van der Waals surface area (Å²) >= 11 is 1.79. The first kappa shape index (κ1) is 16.6. The number of aliphatic imine (C=N–C) groups is 1. The van der Waals surface area contributed by atoms with Crippen LogP contribution in [0.1, 0.15) is 11.4 Å². The quantitative estimate of drug-likeness (QED) is 0.247. The minimum Gasteiger partial charge on any atom is -0.355 e. The van der Waals surface area contributed by atoms with Gasteiger partial charge in [-0.1, -0.05) is 0 Å². The fourth-order valence-electron chi connectivity index (χ4n) is 1.18. The van der Waals surface area contributed by atoms with Gasteiger partial charge in [0, 0.05) is 30.8 Å². The average molecular weight is 289 g/mol. The van der Waals surface area contributed by atoms with E-state index >= 15 is 0 Å². The molecule has 0 unspecified atom stereocenters. The zero-order valence-electron chi connectivity index (χ0n) is 10.4. The van der Waals surface area contributed by atoms with E-state index in [2.05, 4.69) is 25.6 Å². The second-order valence-electron chi connectivity index (χ2n) is 3.26. The van der Waals surface area contributed by atoms with E-state index in [0.717, 1.165) is 29.4 Å². The van der Waals surface area contributed by atoms with Gasteiger partial charge >= 0.3 is 0 Å². The first-order chi connectivity index (χ1) is 8.27. The Morgan fingerprint density at radius 2 is 2.44 bits per heavy atom. The second kappa shape index (κ2) is 9.62. The summed E-state index contributed by atoms with van der Waals surface area (Å²) in [4.78, 5) is 11.2. The number of aromatic amines is 1. The predicted molar refractivity (Wildman–Crippen MR) is 76.8 cm³/mol. The van der Waals surface area contributed by atoms with Crippen molar-refractivity contribution in [1.29, 1.82) is 5.26 Å². The monoisotopic (exact) mass is 288 g/mol. The third-order valence-electron chi connectivity index (χ3n) is 2.11. The number of guanidine groups is 1. The molecule has 1 aromatic heterocycles. The Hall–Kier alpha value is -1.39. The van der Waals surface area contributed by atoms with Gasteiger partial charge < -0.3 is 10.3 Å². The van der Waals surface area contributed by atoms with Gasteiger partial charge in [-0.15, -0.1) is 12.4 Å². The minimum atomic E-state index is 0. The molecule has 0 radical (unpaired) electrons. The van der Waals surface area contributed by atoms with E-state index in [1.165, 1.54) is 0 Å². The molecule has 100 valence electrons. The van der Waals surface area contributed by atoms with E-state index in [0.29, 0.717) is 5.96 Å². The first-order valence-corrected chi connectivity index (χ1v) is 6.35. The Morgan fingerprint density at radius 1 is 1.67 bits per heavy atom. The lowest BCUT2D eigenvalue weighted by molar-refractivity contribution is 0.930. The fraction of sp³-hybridized carbons (Fsp3) is 0.500. The van der Waals surface area contributed by atoms with Gasteiger partial charge in [0.15, 0.2) is 6.19 Å². The first-order valence-electron chi connectivity index (χ1n) is 5.20. The van der Waals surface area contributed by atoms with Crippen molar-refractivity contribution in [1.82, 2.24) is 20.6 Å². The van der Waals surface area contributed by atoms with Gasteiger partial charge in [0.2, 0.25) is 5.96 Å². The third kappa shape index (κ3) is 5.80. The molecule has 1 heterocycles. The minimum absolute atomic E-state index is 0.